The number of aliphatic hydroxyl groups is 1. The van der Waals surface area contributed by atoms with E-state index in [0.29, 0.717) is 25.8 Å². The molecule has 0 aromatic rings. The largest absolute Gasteiger partial charge is 0.466 e. The molecule has 3 saturated heterocycles. The summed E-state index contributed by atoms with van der Waals surface area (Å²) < 4.78 is 12.1. The van der Waals surface area contributed by atoms with Gasteiger partial charge in [0.05, 0.1) is 30.8 Å². The van der Waals surface area contributed by atoms with Gasteiger partial charge in [-0.1, -0.05) is 39.2 Å². The lowest BCUT2D eigenvalue weighted by molar-refractivity contribution is -0.162. The number of ether oxygens (including phenoxy) is 2. The van der Waals surface area contributed by atoms with E-state index in [9.17, 15) is 19.5 Å². The smallest absolute Gasteiger partial charge is 0.312 e. The maximum Gasteiger partial charge on any atom is 0.312 e. The third-order valence-electron chi connectivity index (χ3n) is 8.96. The molecule has 1 spiro atoms. The number of likely N-dealkylation sites (tertiary alicyclic amines) is 1. The van der Waals surface area contributed by atoms with Gasteiger partial charge in [-0.05, 0) is 51.9 Å². The summed E-state index contributed by atoms with van der Waals surface area (Å²) in [5.41, 5.74) is -1.95. The van der Waals surface area contributed by atoms with Crippen LogP contribution < -0.4 is 0 Å². The first-order valence-corrected chi connectivity index (χ1v) is 13.9. The molecule has 8 nitrogen and oxygen atoms in total. The van der Waals surface area contributed by atoms with Crippen LogP contribution in [0.3, 0.4) is 0 Å². The fraction of sp³-hybridized carbons (Fsp3) is 0.821. The quantitative estimate of drug-likeness (QED) is 0.363. The maximum absolute atomic E-state index is 14.5. The Morgan fingerprint density at radius 2 is 1.97 bits per heavy atom. The Kier molecular flexibility index (Phi) is 7.87. The van der Waals surface area contributed by atoms with Crippen molar-refractivity contribution < 1.29 is 29.0 Å². The van der Waals surface area contributed by atoms with E-state index >= 15 is 0 Å². The number of aliphatic hydroxyl groups excluding tert-OH is 1. The molecule has 0 radical (unpaired) electrons. The van der Waals surface area contributed by atoms with Crippen molar-refractivity contribution in [3.63, 3.8) is 0 Å². The van der Waals surface area contributed by atoms with E-state index < -0.39 is 41.1 Å². The van der Waals surface area contributed by atoms with Gasteiger partial charge in [0.25, 0.3) is 0 Å². The average Bonchev–Trinajstić information content (AvgIpc) is 3.42. The van der Waals surface area contributed by atoms with Crippen LogP contribution in [0.15, 0.2) is 12.7 Å². The first-order chi connectivity index (χ1) is 17.1. The highest BCUT2D eigenvalue weighted by Gasteiger charge is 2.79. The van der Waals surface area contributed by atoms with Crippen molar-refractivity contribution in [3.8, 4) is 0 Å². The summed E-state index contributed by atoms with van der Waals surface area (Å²) >= 11 is 0. The fourth-order valence-electron chi connectivity index (χ4n) is 7.55. The standard InChI is InChI=1S/C28H44N2O6/c1-6-15-29(19-11-9-8-10-12-19)25(33)23-28-14-13-27(5,36-28)22(26(34)35-7-2)21(28)24(32)30(23)20(17-31)16-18(3)4/h6,18-23,31H,1,7-17H2,2-5H3/t20-,21+,22+,23?,27-,28?/m1/s1. The van der Waals surface area contributed by atoms with E-state index in [1.807, 2.05) is 25.7 Å². The molecule has 6 atom stereocenters. The molecule has 8 heteroatoms. The molecule has 0 aromatic carbocycles. The molecule has 0 aromatic heterocycles. The second-order valence-corrected chi connectivity index (χ2v) is 11.8. The van der Waals surface area contributed by atoms with Crippen LogP contribution in [-0.4, -0.2) is 81.8 Å². The van der Waals surface area contributed by atoms with Gasteiger partial charge in [0, 0.05) is 12.6 Å². The van der Waals surface area contributed by atoms with E-state index in [1.165, 1.54) is 0 Å². The Morgan fingerprint density at radius 3 is 2.56 bits per heavy atom. The Balaban J connectivity index is 1.80. The summed E-state index contributed by atoms with van der Waals surface area (Å²) in [6.07, 6.45) is 8.56. The molecule has 36 heavy (non-hydrogen) atoms. The first kappa shape index (κ1) is 27.1. The van der Waals surface area contributed by atoms with E-state index in [0.717, 1.165) is 32.1 Å². The Hall–Kier alpha value is -1.93. The van der Waals surface area contributed by atoms with E-state index in [-0.39, 0.29) is 37.0 Å². The topological polar surface area (TPSA) is 96.4 Å². The van der Waals surface area contributed by atoms with Crippen molar-refractivity contribution in [3.05, 3.63) is 12.7 Å². The summed E-state index contributed by atoms with van der Waals surface area (Å²) in [5.74, 6) is -2.19. The van der Waals surface area contributed by atoms with Crippen molar-refractivity contribution in [2.75, 3.05) is 19.8 Å². The van der Waals surface area contributed by atoms with E-state index in [4.69, 9.17) is 9.47 Å². The van der Waals surface area contributed by atoms with Crippen LogP contribution in [0.5, 0.6) is 0 Å². The van der Waals surface area contributed by atoms with Gasteiger partial charge in [-0.3, -0.25) is 14.4 Å². The van der Waals surface area contributed by atoms with Crippen molar-refractivity contribution in [2.45, 2.75) is 108 Å². The SMILES string of the molecule is C=CCN(C(=O)C1N([C@@H](CO)CC(C)C)C(=O)[C@@H]2[C@@H](C(=O)OCC)[C@@]3(C)CCC12O3)C1CCCCC1. The highest BCUT2D eigenvalue weighted by atomic mass is 16.6. The number of esters is 1. The molecular weight excluding hydrogens is 460 g/mol. The van der Waals surface area contributed by atoms with E-state index in [2.05, 4.69) is 6.58 Å². The normalized spacial score (nSPS) is 34.7. The first-order valence-electron chi connectivity index (χ1n) is 13.9. The van der Waals surface area contributed by atoms with Crippen LogP contribution in [-0.2, 0) is 23.9 Å². The predicted molar refractivity (Wildman–Crippen MR) is 135 cm³/mol. The van der Waals surface area contributed by atoms with Crippen LogP contribution in [0.25, 0.3) is 0 Å². The Morgan fingerprint density at radius 1 is 1.28 bits per heavy atom. The minimum Gasteiger partial charge on any atom is -0.466 e. The lowest BCUT2D eigenvalue weighted by atomic mass is 9.66. The number of hydrogen-bond donors (Lipinski definition) is 1. The Bertz CT molecular complexity index is 870. The number of nitrogens with zero attached hydrogens (tertiary/aromatic N) is 2. The molecule has 1 aliphatic carbocycles. The van der Waals surface area contributed by atoms with Gasteiger partial charge >= 0.3 is 5.97 Å². The maximum atomic E-state index is 14.5. The molecule has 4 aliphatic rings. The minimum atomic E-state index is -1.10. The van der Waals surface area contributed by atoms with Gasteiger partial charge in [-0.15, -0.1) is 6.58 Å². The summed E-state index contributed by atoms with van der Waals surface area (Å²) in [6.45, 7) is 12.0. The molecule has 202 valence electrons. The molecule has 2 bridgehead atoms. The summed E-state index contributed by atoms with van der Waals surface area (Å²) in [5, 5.41) is 10.4. The molecule has 2 unspecified atom stereocenters. The number of hydrogen-bond acceptors (Lipinski definition) is 6. The zero-order chi connectivity index (χ0) is 26.3. The van der Waals surface area contributed by atoms with Crippen molar-refractivity contribution in [1.29, 1.82) is 0 Å². The van der Waals surface area contributed by atoms with Crippen molar-refractivity contribution in [2.24, 2.45) is 17.8 Å². The van der Waals surface area contributed by atoms with Gasteiger partial charge in [-0.25, -0.2) is 0 Å². The van der Waals surface area contributed by atoms with Gasteiger partial charge in [0.2, 0.25) is 11.8 Å². The second kappa shape index (κ2) is 10.4. The molecule has 4 rings (SSSR count). The number of carbonyl (C=O) groups excluding carboxylic acids is 3. The molecule has 2 amide bonds. The number of fused-ring (bicyclic) bond motifs is 1. The second-order valence-electron chi connectivity index (χ2n) is 11.8. The Labute approximate surface area is 215 Å². The fourth-order valence-corrected chi connectivity index (χ4v) is 7.55. The molecule has 3 aliphatic heterocycles. The van der Waals surface area contributed by atoms with Crippen LogP contribution in [0.1, 0.15) is 79.1 Å². The zero-order valence-corrected chi connectivity index (χ0v) is 22.4. The lowest BCUT2D eigenvalue weighted by Gasteiger charge is -2.42. The summed E-state index contributed by atoms with van der Waals surface area (Å²) in [6, 6.07) is -1.32. The highest BCUT2D eigenvalue weighted by Crippen LogP contribution is 2.64. The van der Waals surface area contributed by atoms with Gasteiger partial charge in [0.15, 0.2) is 0 Å². The summed E-state index contributed by atoms with van der Waals surface area (Å²) in [4.78, 5) is 45.4. The van der Waals surface area contributed by atoms with E-state index in [1.54, 1.807) is 17.9 Å². The lowest BCUT2D eigenvalue weighted by Crippen LogP contribution is -2.60. The predicted octanol–water partition coefficient (Wildman–Crippen LogP) is 3.07. The molecule has 3 heterocycles. The molecule has 1 saturated carbocycles. The van der Waals surface area contributed by atoms with Crippen LogP contribution in [0, 0.1) is 17.8 Å². The van der Waals surface area contributed by atoms with Gasteiger partial charge in [0.1, 0.15) is 17.6 Å². The minimum absolute atomic E-state index is 0.0874. The average molecular weight is 505 g/mol. The number of rotatable bonds is 10. The molecular formula is C28H44N2O6. The zero-order valence-electron chi connectivity index (χ0n) is 22.4. The van der Waals surface area contributed by atoms with Crippen molar-refractivity contribution in [1.82, 2.24) is 9.80 Å². The molecule has 1 N–H and O–H groups in total. The van der Waals surface area contributed by atoms with Gasteiger partial charge in [-0.2, -0.15) is 0 Å². The van der Waals surface area contributed by atoms with Gasteiger partial charge < -0.3 is 24.4 Å². The third-order valence-corrected chi connectivity index (χ3v) is 8.96. The summed E-state index contributed by atoms with van der Waals surface area (Å²) in [7, 11) is 0. The van der Waals surface area contributed by atoms with Crippen LogP contribution in [0.2, 0.25) is 0 Å². The van der Waals surface area contributed by atoms with Crippen LogP contribution in [0.4, 0.5) is 0 Å². The monoisotopic (exact) mass is 504 g/mol. The molecule has 4 fully saturated rings. The highest BCUT2D eigenvalue weighted by molar-refractivity contribution is 5.98. The number of amides is 2. The number of carbonyl (C=O) groups is 3. The van der Waals surface area contributed by atoms with Crippen molar-refractivity contribution >= 4 is 17.8 Å². The third kappa shape index (κ3) is 4.28. The van der Waals surface area contributed by atoms with Crippen LogP contribution >= 0.6 is 0 Å².